The summed E-state index contributed by atoms with van der Waals surface area (Å²) in [5.74, 6) is 0. The lowest BCUT2D eigenvalue weighted by atomic mass is 9.66. The van der Waals surface area contributed by atoms with Crippen molar-refractivity contribution in [2.75, 3.05) is 0 Å². The normalized spacial score (nSPS) is 13.2. The lowest BCUT2D eigenvalue weighted by molar-refractivity contribution is 0.659. The van der Waals surface area contributed by atoms with Crippen LogP contribution in [0.2, 0.25) is 0 Å². The van der Waals surface area contributed by atoms with Crippen molar-refractivity contribution in [3.63, 3.8) is 0 Å². The van der Waals surface area contributed by atoms with Crippen molar-refractivity contribution >= 4 is 43.6 Å². The number of benzene rings is 16. The predicted molar refractivity (Wildman–Crippen MR) is 480 cm³/mol. The second-order valence-electron chi connectivity index (χ2n) is 32.1. The molecule has 0 saturated heterocycles. The van der Waals surface area contributed by atoms with Gasteiger partial charge in [-0.15, -0.1) is 0 Å². The average molecular weight is 1460 g/mol. The van der Waals surface area contributed by atoms with Gasteiger partial charge >= 0.3 is 0 Å². The minimum atomic E-state index is -0.273. The Bertz CT molecular complexity index is 6400. The third kappa shape index (κ3) is 12.5. The molecular formula is C111H96N2. The standard InChI is InChI=1S/2C27H22.2C20H17N.C17H18/c1-19-16-17-23-25(18-19)27(21-11-5-3-6-12-21,22-13-7-4-8-14-22)24-15-9-10-20(2)26(23)24;1-19-17-18-20(2)26-25(19)23-15-9-10-16-24(23)27(26,21-11-5-3-6-12-21)22-13-7-4-8-14-22;1-14-8-10-19-17(12-14)18-13-15(2)9-11-20(18)21(19)16-6-4-3-5-7-16;1-14-8-10-17-18-11-9-15(2)13-20(18)21(19(17)12-14)16-6-4-3-5-7-16;1-11-8-9-13-15(10-11)17(3,4)14-7-5-6-12(2)16(13)14/h2*3-18H,1-2H3;2*3-13H,1-2H3;5-10H,1-4H3. The lowest BCUT2D eigenvalue weighted by Gasteiger charge is -2.35. The summed E-state index contributed by atoms with van der Waals surface area (Å²) >= 11 is 0. The summed E-state index contributed by atoms with van der Waals surface area (Å²) < 4.78 is 4.72. The Morgan fingerprint density at radius 3 is 1.03 bits per heavy atom. The minimum Gasteiger partial charge on any atom is -0.309 e. The molecule has 550 valence electrons. The number of rotatable bonds is 6. The van der Waals surface area contributed by atoms with Gasteiger partial charge in [0.2, 0.25) is 0 Å². The van der Waals surface area contributed by atoms with Crippen molar-refractivity contribution in [1.29, 1.82) is 0 Å². The predicted octanol–water partition coefficient (Wildman–Crippen LogP) is 28.7. The van der Waals surface area contributed by atoms with E-state index in [9.17, 15) is 0 Å². The van der Waals surface area contributed by atoms with E-state index in [1.807, 2.05) is 0 Å². The van der Waals surface area contributed by atoms with Gasteiger partial charge in [0, 0.05) is 38.3 Å². The van der Waals surface area contributed by atoms with E-state index in [-0.39, 0.29) is 16.2 Å². The molecule has 3 aliphatic rings. The van der Waals surface area contributed by atoms with Crippen LogP contribution in [0.15, 0.2) is 364 Å². The summed E-state index contributed by atoms with van der Waals surface area (Å²) in [6.07, 6.45) is 0. The van der Waals surface area contributed by atoms with Crippen molar-refractivity contribution in [1.82, 2.24) is 9.13 Å². The van der Waals surface area contributed by atoms with Crippen LogP contribution < -0.4 is 0 Å². The first-order chi connectivity index (χ1) is 55.0. The van der Waals surface area contributed by atoms with Crippen LogP contribution in [0.4, 0.5) is 0 Å². The summed E-state index contributed by atoms with van der Waals surface area (Å²) in [7, 11) is 0. The topological polar surface area (TPSA) is 9.86 Å². The molecule has 0 saturated carbocycles. The number of aromatic nitrogens is 2. The molecule has 0 atom stereocenters. The minimum absolute atomic E-state index is 0.142. The molecule has 113 heavy (non-hydrogen) atoms. The second kappa shape index (κ2) is 29.7. The van der Waals surface area contributed by atoms with Crippen molar-refractivity contribution in [2.45, 2.75) is 99.3 Å². The van der Waals surface area contributed by atoms with Crippen LogP contribution >= 0.6 is 0 Å². The highest BCUT2D eigenvalue weighted by atomic mass is 15.0. The summed E-state index contributed by atoms with van der Waals surface area (Å²) in [6.45, 7) is 26.6. The van der Waals surface area contributed by atoms with Gasteiger partial charge in [-0.05, 0) is 252 Å². The Kier molecular flexibility index (Phi) is 19.2. The number of fused-ring (bicyclic) bond motifs is 15. The first-order valence-electron chi connectivity index (χ1n) is 40.0. The van der Waals surface area contributed by atoms with Crippen LogP contribution in [0.3, 0.4) is 0 Å². The smallest absolute Gasteiger partial charge is 0.0716 e. The van der Waals surface area contributed by atoms with Crippen molar-refractivity contribution in [3.8, 4) is 44.8 Å². The average Bonchev–Trinajstić information content (AvgIpc) is 1.54. The van der Waals surface area contributed by atoms with E-state index in [0.717, 1.165) is 0 Å². The molecule has 0 fully saturated rings. The number of aryl methyl sites for hydroxylation is 10. The van der Waals surface area contributed by atoms with Crippen molar-refractivity contribution < 1.29 is 0 Å². The van der Waals surface area contributed by atoms with Crippen molar-refractivity contribution in [3.05, 3.63) is 475 Å². The van der Waals surface area contributed by atoms with Gasteiger partial charge in [-0.2, -0.15) is 0 Å². The first-order valence-corrected chi connectivity index (χ1v) is 40.0. The highest BCUT2D eigenvalue weighted by Gasteiger charge is 2.49. The molecule has 18 aromatic rings. The van der Waals surface area contributed by atoms with E-state index in [2.05, 4.69) is 456 Å². The first kappa shape index (κ1) is 73.0. The Labute approximate surface area is 667 Å². The quantitative estimate of drug-likeness (QED) is 0.157. The van der Waals surface area contributed by atoms with Gasteiger partial charge in [0.25, 0.3) is 0 Å². The van der Waals surface area contributed by atoms with Crippen LogP contribution in [-0.4, -0.2) is 9.13 Å². The van der Waals surface area contributed by atoms with Gasteiger partial charge in [-0.25, -0.2) is 0 Å². The lowest BCUT2D eigenvalue weighted by Crippen LogP contribution is -2.29. The molecule has 21 rings (SSSR count). The van der Waals surface area contributed by atoms with Gasteiger partial charge in [-0.3, -0.25) is 0 Å². The van der Waals surface area contributed by atoms with Crippen LogP contribution in [-0.2, 0) is 16.2 Å². The Morgan fingerprint density at radius 2 is 0.540 bits per heavy atom. The van der Waals surface area contributed by atoms with Gasteiger partial charge < -0.3 is 9.13 Å². The highest BCUT2D eigenvalue weighted by molar-refractivity contribution is 6.11. The third-order valence-electron chi connectivity index (χ3n) is 24.2. The summed E-state index contributed by atoms with van der Waals surface area (Å²) in [5.41, 5.74) is 42.6. The molecule has 2 heterocycles. The fraction of sp³-hybridized carbons (Fsp3) is 0.135. The van der Waals surface area contributed by atoms with E-state index < -0.39 is 0 Å². The van der Waals surface area contributed by atoms with Crippen molar-refractivity contribution in [2.24, 2.45) is 0 Å². The molecule has 0 N–H and O–H groups in total. The zero-order valence-corrected chi connectivity index (χ0v) is 67.0. The van der Waals surface area contributed by atoms with Gasteiger partial charge in [0.05, 0.1) is 32.9 Å². The molecule has 0 aliphatic heterocycles. The number of hydrogen-bond acceptors (Lipinski definition) is 0. The fourth-order valence-electron chi connectivity index (χ4n) is 19.1. The third-order valence-corrected chi connectivity index (χ3v) is 24.2. The van der Waals surface area contributed by atoms with E-state index in [1.165, 1.54) is 200 Å². The zero-order valence-electron chi connectivity index (χ0n) is 67.0. The summed E-state index contributed by atoms with van der Waals surface area (Å²) in [4.78, 5) is 0. The molecule has 2 aromatic heterocycles. The van der Waals surface area contributed by atoms with Gasteiger partial charge in [-0.1, -0.05) is 339 Å². The largest absolute Gasteiger partial charge is 0.309 e. The van der Waals surface area contributed by atoms with E-state index in [1.54, 1.807) is 0 Å². The molecule has 0 unspecified atom stereocenters. The zero-order chi connectivity index (χ0) is 77.9. The van der Waals surface area contributed by atoms with Crippen LogP contribution in [0.25, 0.3) is 88.4 Å². The highest BCUT2D eigenvalue weighted by Crippen LogP contribution is 2.60. The molecule has 16 aromatic carbocycles. The number of hydrogen-bond donors (Lipinski definition) is 0. The number of para-hydroxylation sites is 2. The maximum Gasteiger partial charge on any atom is 0.0716 e. The van der Waals surface area contributed by atoms with E-state index >= 15 is 0 Å². The van der Waals surface area contributed by atoms with E-state index in [4.69, 9.17) is 0 Å². The molecule has 3 aliphatic carbocycles. The van der Waals surface area contributed by atoms with Gasteiger partial charge in [0.1, 0.15) is 0 Å². The van der Waals surface area contributed by atoms with Crippen LogP contribution in [0, 0.1) is 69.2 Å². The Hall–Kier alpha value is -12.9. The molecule has 0 radical (unpaired) electrons. The SMILES string of the molecule is Cc1ccc(C)c2c1-c1ccccc1C2(c1ccccc1)c1ccccc1.Cc1ccc2c(c1)C(C)(C)c1cccc(C)c1-2.Cc1ccc2c(c1)C(c1ccccc1)(c1ccccc1)c1cccc(C)c1-2.Cc1ccc2c(c1)c1cc(C)ccc1n2-c1ccccc1.Cc1ccc2c3ccc(C)cc3n(-c3ccccc3)c2c1. The molecule has 0 bridgehead atoms. The molecule has 2 nitrogen and oxygen atoms in total. The van der Waals surface area contributed by atoms with Crippen LogP contribution in [0.1, 0.15) is 125 Å². The Morgan fingerprint density at radius 1 is 0.204 bits per heavy atom. The molecule has 2 heteroatoms. The monoisotopic (exact) mass is 1460 g/mol. The maximum absolute atomic E-state index is 2.38. The number of nitrogens with zero attached hydrogens (tertiary/aromatic N) is 2. The van der Waals surface area contributed by atoms with Crippen LogP contribution in [0.5, 0.6) is 0 Å². The van der Waals surface area contributed by atoms with E-state index in [0.29, 0.717) is 0 Å². The molecule has 0 amide bonds. The summed E-state index contributed by atoms with van der Waals surface area (Å²) in [5, 5.41) is 5.30. The molecular weight excluding hydrogens is 1360 g/mol. The maximum atomic E-state index is 2.38. The fourth-order valence-corrected chi connectivity index (χ4v) is 19.1. The van der Waals surface area contributed by atoms with Gasteiger partial charge in [0.15, 0.2) is 0 Å². The summed E-state index contributed by atoms with van der Waals surface area (Å²) in [6, 6.07) is 133. The Balaban J connectivity index is 0.000000103. The second-order valence-corrected chi connectivity index (χ2v) is 32.1. The molecule has 0 spiro atoms.